The average Bonchev–Trinajstić information content (AvgIpc) is 2.85. The number of hydrogen-bond donors (Lipinski definition) is 1. The Kier molecular flexibility index (Phi) is 5.37. The lowest BCUT2D eigenvalue weighted by atomic mass is 10.2. The van der Waals surface area contributed by atoms with Gasteiger partial charge in [-0.2, -0.15) is 0 Å². The number of carboxylic acid groups (broad SMARTS) is 1. The third kappa shape index (κ3) is 4.51. The first-order valence-electron chi connectivity index (χ1n) is 7.99. The van der Waals surface area contributed by atoms with Crippen LogP contribution in [0.3, 0.4) is 0 Å². The normalized spacial score (nSPS) is 11.8. The van der Waals surface area contributed by atoms with Crippen LogP contribution < -0.4 is 4.74 Å². The summed E-state index contributed by atoms with van der Waals surface area (Å²) in [6.07, 6.45) is -0.731. The Morgan fingerprint density at radius 2 is 1.92 bits per heavy atom. The summed E-state index contributed by atoms with van der Waals surface area (Å²) in [5.41, 5.74) is -0.453. The fraction of sp³-hybridized carbons (Fsp3) is 0.444. The molecule has 0 unspecified atom stereocenters. The number of hydrogen-bond acceptors (Lipinski definition) is 5. The standard InChI is InChI=1S/C18H24N2O5/c1-18(2,3)25-17(23)20-13-7-6-8-15(24-10-9-19(4)5)12(13)11-14(20)16(21)22/h6-8,11H,9-10H2,1-5H3,(H,21,22). The molecule has 25 heavy (non-hydrogen) atoms. The van der Waals surface area contributed by atoms with Crippen LogP contribution in [0.4, 0.5) is 4.79 Å². The molecule has 0 saturated heterocycles. The lowest BCUT2D eigenvalue weighted by Gasteiger charge is -2.20. The number of likely N-dealkylation sites (N-methyl/N-ethyl adjacent to an activating group) is 1. The summed E-state index contributed by atoms with van der Waals surface area (Å²) in [6.45, 7) is 6.35. The van der Waals surface area contributed by atoms with E-state index in [2.05, 4.69) is 0 Å². The predicted octanol–water partition coefficient (Wildman–Crippen LogP) is 3.06. The third-order valence-electron chi connectivity index (χ3n) is 3.40. The molecule has 0 bridgehead atoms. The van der Waals surface area contributed by atoms with E-state index in [9.17, 15) is 14.7 Å². The number of rotatable bonds is 5. The maximum absolute atomic E-state index is 12.5. The highest BCUT2D eigenvalue weighted by molar-refractivity contribution is 6.02. The van der Waals surface area contributed by atoms with Gasteiger partial charge in [0.2, 0.25) is 0 Å². The highest BCUT2D eigenvalue weighted by Crippen LogP contribution is 2.30. The van der Waals surface area contributed by atoms with Crippen molar-refractivity contribution >= 4 is 23.0 Å². The topological polar surface area (TPSA) is 81.0 Å². The maximum Gasteiger partial charge on any atom is 0.419 e. The quantitative estimate of drug-likeness (QED) is 0.894. The van der Waals surface area contributed by atoms with Gasteiger partial charge in [-0.15, -0.1) is 0 Å². The Labute approximate surface area is 146 Å². The smallest absolute Gasteiger partial charge is 0.419 e. The van der Waals surface area contributed by atoms with Gasteiger partial charge in [-0.05, 0) is 53.1 Å². The minimum Gasteiger partial charge on any atom is -0.492 e. The summed E-state index contributed by atoms with van der Waals surface area (Å²) in [5.74, 6) is -0.676. The monoisotopic (exact) mass is 348 g/mol. The molecule has 0 atom stereocenters. The van der Waals surface area contributed by atoms with Crippen molar-refractivity contribution in [1.82, 2.24) is 9.47 Å². The minimum absolute atomic E-state index is 0.159. The second-order valence-corrected chi connectivity index (χ2v) is 6.99. The molecule has 2 rings (SSSR count). The van der Waals surface area contributed by atoms with E-state index < -0.39 is 17.7 Å². The molecular weight excluding hydrogens is 324 g/mol. The van der Waals surface area contributed by atoms with E-state index in [-0.39, 0.29) is 5.69 Å². The molecular formula is C18H24N2O5. The van der Waals surface area contributed by atoms with Crippen LogP contribution >= 0.6 is 0 Å². The minimum atomic E-state index is -1.21. The summed E-state index contributed by atoms with van der Waals surface area (Å²) >= 11 is 0. The van der Waals surface area contributed by atoms with Crippen LogP contribution in [0.25, 0.3) is 10.9 Å². The van der Waals surface area contributed by atoms with Crippen molar-refractivity contribution in [3.63, 3.8) is 0 Å². The number of fused-ring (bicyclic) bond motifs is 1. The number of aromatic nitrogens is 1. The molecule has 1 aromatic carbocycles. The lowest BCUT2D eigenvalue weighted by Crippen LogP contribution is -2.28. The second kappa shape index (κ2) is 7.14. The van der Waals surface area contributed by atoms with Gasteiger partial charge in [-0.25, -0.2) is 14.2 Å². The van der Waals surface area contributed by atoms with E-state index in [1.807, 2.05) is 19.0 Å². The SMILES string of the molecule is CN(C)CCOc1cccc2c1cc(C(=O)O)n2C(=O)OC(C)(C)C. The molecule has 136 valence electrons. The van der Waals surface area contributed by atoms with E-state index in [1.165, 1.54) is 6.07 Å². The fourth-order valence-corrected chi connectivity index (χ4v) is 2.33. The first-order chi connectivity index (χ1) is 11.6. The number of ether oxygens (including phenoxy) is 2. The van der Waals surface area contributed by atoms with Gasteiger partial charge in [0.25, 0.3) is 0 Å². The number of benzene rings is 1. The number of aromatic carboxylic acids is 1. The van der Waals surface area contributed by atoms with Gasteiger partial charge < -0.3 is 19.5 Å². The van der Waals surface area contributed by atoms with Crippen LogP contribution in [0.5, 0.6) is 5.75 Å². The summed E-state index contributed by atoms with van der Waals surface area (Å²) in [5, 5.41) is 10.0. The Morgan fingerprint density at radius 1 is 1.24 bits per heavy atom. The van der Waals surface area contributed by atoms with Crippen molar-refractivity contribution in [2.75, 3.05) is 27.2 Å². The largest absolute Gasteiger partial charge is 0.492 e. The molecule has 0 aliphatic heterocycles. The molecule has 1 heterocycles. The molecule has 0 spiro atoms. The first-order valence-corrected chi connectivity index (χ1v) is 7.99. The van der Waals surface area contributed by atoms with E-state index in [4.69, 9.17) is 9.47 Å². The summed E-state index contributed by atoms with van der Waals surface area (Å²) in [4.78, 5) is 26.1. The second-order valence-electron chi connectivity index (χ2n) is 6.99. The van der Waals surface area contributed by atoms with Gasteiger partial charge >= 0.3 is 12.1 Å². The molecule has 1 aromatic heterocycles. The predicted molar refractivity (Wildman–Crippen MR) is 94.6 cm³/mol. The fourth-order valence-electron chi connectivity index (χ4n) is 2.33. The zero-order valence-electron chi connectivity index (χ0n) is 15.2. The maximum atomic E-state index is 12.5. The van der Waals surface area contributed by atoms with Gasteiger partial charge in [-0.3, -0.25) is 0 Å². The molecule has 0 fully saturated rings. The van der Waals surface area contributed by atoms with E-state index in [1.54, 1.807) is 39.0 Å². The molecule has 7 heteroatoms. The van der Waals surface area contributed by atoms with Gasteiger partial charge in [-0.1, -0.05) is 6.07 Å². The van der Waals surface area contributed by atoms with Crippen molar-refractivity contribution in [2.45, 2.75) is 26.4 Å². The van der Waals surface area contributed by atoms with Gasteiger partial charge in [0.1, 0.15) is 23.7 Å². The van der Waals surface area contributed by atoms with Gasteiger partial charge in [0, 0.05) is 11.9 Å². The molecule has 0 aliphatic carbocycles. The third-order valence-corrected chi connectivity index (χ3v) is 3.40. The van der Waals surface area contributed by atoms with Crippen molar-refractivity contribution in [3.8, 4) is 5.75 Å². The lowest BCUT2D eigenvalue weighted by molar-refractivity contribution is 0.0513. The summed E-state index contributed by atoms with van der Waals surface area (Å²) in [6, 6.07) is 6.58. The zero-order valence-corrected chi connectivity index (χ0v) is 15.2. The van der Waals surface area contributed by atoms with Crippen molar-refractivity contribution < 1.29 is 24.2 Å². The van der Waals surface area contributed by atoms with E-state index in [0.717, 1.165) is 11.1 Å². The Balaban J connectivity index is 2.48. The first kappa shape index (κ1) is 18.8. The van der Waals surface area contributed by atoms with Crippen LogP contribution in [0, 0.1) is 0 Å². The molecule has 1 N–H and O–H groups in total. The van der Waals surface area contributed by atoms with Gasteiger partial charge in [0.15, 0.2) is 0 Å². The van der Waals surface area contributed by atoms with Crippen LogP contribution in [0.1, 0.15) is 31.3 Å². The van der Waals surface area contributed by atoms with Crippen LogP contribution in [0.15, 0.2) is 24.3 Å². The summed E-state index contributed by atoms with van der Waals surface area (Å²) < 4.78 is 12.2. The van der Waals surface area contributed by atoms with Crippen LogP contribution in [-0.4, -0.2) is 59.5 Å². The number of carboxylic acids is 1. The Hall–Kier alpha value is -2.54. The molecule has 0 amide bonds. The average molecular weight is 348 g/mol. The number of carbonyl (C=O) groups excluding carboxylic acids is 1. The molecule has 0 aliphatic rings. The molecule has 0 radical (unpaired) electrons. The molecule has 0 saturated carbocycles. The Morgan fingerprint density at radius 3 is 2.48 bits per heavy atom. The van der Waals surface area contributed by atoms with Crippen LogP contribution in [0.2, 0.25) is 0 Å². The van der Waals surface area contributed by atoms with Gasteiger partial charge in [0.05, 0.1) is 5.52 Å². The van der Waals surface area contributed by atoms with Crippen molar-refractivity contribution in [1.29, 1.82) is 0 Å². The van der Waals surface area contributed by atoms with Crippen LogP contribution in [-0.2, 0) is 4.74 Å². The van der Waals surface area contributed by atoms with Crippen molar-refractivity contribution in [2.24, 2.45) is 0 Å². The number of nitrogens with zero attached hydrogens (tertiary/aromatic N) is 2. The highest BCUT2D eigenvalue weighted by atomic mass is 16.6. The number of carbonyl (C=O) groups is 2. The Bertz CT molecular complexity index is 787. The summed E-state index contributed by atoms with van der Waals surface area (Å²) in [7, 11) is 3.87. The zero-order chi connectivity index (χ0) is 18.8. The highest BCUT2D eigenvalue weighted by Gasteiger charge is 2.25. The molecule has 7 nitrogen and oxygen atoms in total. The van der Waals surface area contributed by atoms with E-state index >= 15 is 0 Å². The molecule has 2 aromatic rings. The van der Waals surface area contributed by atoms with Crippen molar-refractivity contribution in [3.05, 3.63) is 30.0 Å². The van der Waals surface area contributed by atoms with E-state index in [0.29, 0.717) is 23.3 Å².